The molecule has 1 aliphatic rings. The standard InChI is InChI=1S/C36H36N4O4/c1-3-5-19-43-27-13-9-25(10-14-27)39-21-23-7-17-29-31(33(23)37)35(41)30-18-8-24(34(38)32(30)36(29)42)22-40-26-11-15-28(16-12-26)44-20-6-4-2/h7-18,21-22H,3-6,19-20,37-38H2,1-2H3. The van der Waals surface area contributed by atoms with Gasteiger partial charge in [0.2, 0.25) is 0 Å². The highest BCUT2D eigenvalue weighted by atomic mass is 16.5. The van der Waals surface area contributed by atoms with Crippen LogP contribution in [0.1, 0.15) is 82.5 Å². The average Bonchev–Trinajstić information content (AvgIpc) is 3.04. The van der Waals surface area contributed by atoms with Gasteiger partial charge in [0.05, 0.1) is 47.1 Å². The zero-order chi connectivity index (χ0) is 31.1. The molecule has 4 aromatic carbocycles. The molecule has 0 aliphatic heterocycles. The lowest BCUT2D eigenvalue weighted by molar-refractivity contribution is 0.0980. The van der Waals surface area contributed by atoms with Gasteiger partial charge >= 0.3 is 0 Å². The lowest BCUT2D eigenvalue weighted by Gasteiger charge is -2.22. The topological polar surface area (TPSA) is 129 Å². The van der Waals surface area contributed by atoms with Crippen LogP contribution in [-0.2, 0) is 0 Å². The van der Waals surface area contributed by atoms with Gasteiger partial charge < -0.3 is 20.9 Å². The Morgan fingerprint density at radius 1 is 0.591 bits per heavy atom. The molecule has 0 saturated carbocycles. The van der Waals surface area contributed by atoms with Crippen LogP contribution in [0.4, 0.5) is 22.7 Å². The van der Waals surface area contributed by atoms with Crippen molar-refractivity contribution in [3.8, 4) is 11.5 Å². The molecule has 0 fully saturated rings. The molecular formula is C36H36N4O4. The molecule has 0 spiro atoms. The number of carbonyl (C=O) groups is 2. The summed E-state index contributed by atoms with van der Waals surface area (Å²) in [5.41, 5.74) is 16.5. The number of ketones is 2. The summed E-state index contributed by atoms with van der Waals surface area (Å²) in [5, 5.41) is 0. The van der Waals surface area contributed by atoms with E-state index in [4.69, 9.17) is 20.9 Å². The molecule has 0 saturated heterocycles. The van der Waals surface area contributed by atoms with Gasteiger partial charge in [-0.05, 0) is 73.5 Å². The predicted octanol–water partition coefficient (Wildman–Crippen LogP) is 7.49. The summed E-state index contributed by atoms with van der Waals surface area (Å²) in [7, 11) is 0. The Labute approximate surface area is 257 Å². The molecular weight excluding hydrogens is 552 g/mol. The van der Waals surface area contributed by atoms with E-state index in [0.29, 0.717) is 35.7 Å². The van der Waals surface area contributed by atoms with Gasteiger partial charge in [-0.25, -0.2) is 0 Å². The SMILES string of the molecule is CCCCOc1ccc(N=Cc2ccc3c(c2N)C(=O)c2ccc(C=Nc4ccc(OCCCC)cc4)c(N)c2C3=O)cc1. The van der Waals surface area contributed by atoms with Crippen molar-refractivity contribution in [1.29, 1.82) is 0 Å². The smallest absolute Gasteiger partial charge is 0.196 e. The number of aliphatic imine (C=N–C) groups is 2. The quantitative estimate of drug-likeness (QED) is 0.0883. The number of unbranched alkanes of at least 4 members (excludes halogenated alkanes) is 2. The molecule has 5 rings (SSSR count). The van der Waals surface area contributed by atoms with Crippen LogP contribution in [0, 0.1) is 0 Å². The van der Waals surface area contributed by atoms with Crippen LogP contribution in [0.2, 0.25) is 0 Å². The number of ether oxygens (including phenoxy) is 2. The predicted molar refractivity (Wildman–Crippen MR) is 177 cm³/mol. The van der Waals surface area contributed by atoms with Crippen LogP contribution in [0.25, 0.3) is 0 Å². The lowest BCUT2D eigenvalue weighted by Crippen LogP contribution is -2.25. The Hall–Kier alpha value is -5.24. The first kappa shape index (κ1) is 30.2. The van der Waals surface area contributed by atoms with Gasteiger partial charge in [-0.3, -0.25) is 19.6 Å². The largest absolute Gasteiger partial charge is 0.494 e. The van der Waals surface area contributed by atoms with Gasteiger partial charge in [0.25, 0.3) is 0 Å². The second-order valence-electron chi connectivity index (χ2n) is 10.5. The number of fused-ring (bicyclic) bond motifs is 2. The Morgan fingerprint density at radius 2 is 0.977 bits per heavy atom. The fraction of sp³-hybridized carbons (Fsp3) is 0.222. The van der Waals surface area contributed by atoms with E-state index in [1.54, 1.807) is 36.7 Å². The summed E-state index contributed by atoms with van der Waals surface area (Å²) in [4.78, 5) is 36.3. The molecule has 0 heterocycles. The van der Waals surface area contributed by atoms with E-state index in [0.717, 1.165) is 37.2 Å². The van der Waals surface area contributed by atoms with E-state index in [9.17, 15) is 9.59 Å². The van der Waals surface area contributed by atoms with Crippen molar-refractivity contribution in [1.82, 2.24) is 0 Å². The van der Waals surface area contributed by atoms with E-state index in [1.165, 1.54) is 0 Å². The molecule has 0 atom stereocenters. The van der Waals surface area contributed by atoms with Crippen LogP contribution in [0.5, 0.6) is 11.5 Å². The van der Waals surface area contributed by atoms with Crippen molar-refractivity contribution in [2.24, 2.45) is 9.98 Å². The molecule has 44 heavy (non-hydrogen) atoms. The van der Waals surface area contributed by atoms with Gasteiger partial charge in [0.15, 0.2) is 11.6 Å². The van der Waals surface area contributed by atoms with Crippen LogP contribution < -0.4 is 20.9 Å². The number of nitrogens with two attached hydrogens (primary N) is 2. The summed E-state index contributed by atoms with van der Waals surface area (Å²) >= 11 is 0. The van der Waals surface area contributed by atoms with Crippen molar-refractivity contribution in [2.45, 2.75) is 39.5 Å². The van der Waals surface area contributed by atoms with Crippen LogP contribution in [-0.4, -0.2) is 37.2 Å². The van der Waals surface area contributed by atoms with Crippen molar-refractivity contribution in [2.75, 3.05) is 24.7 Å². The Balaban J connectivity index is 1.35. The summed E-state index contributed by atoms with van der Waals surface area (Å²) in [6.45, 7) is 5.58. The third-order valence-corrected chi connectivity index (χ3v) is 7.41. The molecule has 0 unspecified atom stereocenters. The van der Waals surface area contributed by atoms with Gasteiger partial charge in [-0.1, -0.05) is 38.8 Å². The Kier molecular flexibility index (Phi) is 9.49. The second kappa shape index (κ2) is 13.8. The summed E-state index contributed by atoms with van der Waals surface area (Å²) in [6.07, 6.45) is 7.31. The third kappa shape index (κ3) is 6.54. The number of nitrogens with zero attached hydrogens (tertiary/aromatic N) is 2. The van der Waals surface area contributed by atoms with E-state index >= 15 is 0 Å². The molecule has 8 nitrogen and oxygen atoms in total. The molecule has 1 aliphatic carbocycles. The molecule has 8 heteroatoms. The average molecular weight is 589 g/mol. The number of benzene rings is 4. The summed E-state index contributed by atoms with van der Waals surface area (Å²) in [5.74, 6) is 0.850. The molecule has 0 amide bonds. The van der Waals surface area contributed by atoms with E-state index in [-0.39, 0.29) is 45.2 Å². The van der Waals surface area contributed by atoms with Crippen molar-refractivity contribution in [3.63, 3.8) is 0 Å². The number of nitrogen functional groups attached to an aromatic ring is 2. The Morgan fingerprint density at radius 3 is 1.34 bits per heavy atom. The minimum atomic E-state index is -0.357. The monoisotopic (exact) mass is 588 g/mol. The van der Waals surface area contributed by atoms with Crippen molar-refractivity contribution >= 4 is 46.7 Å². The molecule has 4 N–H and O–H groups in total. The van der Waals surface area contributed by atoms with E-state index < -0.39 is 0 Å². The highest BCUT2D eigenvalue weighted by molar-refractivity contribution is 6.32. The highest BCUT2D eigenvalue weighted by Crippen LogP contribution is 2.36. The van der Waals surface area contributed by atoms with Crippen molar-refractivity contribution in [3.05, 3.63) is 106 Å². The molecule has 224 valence electrons. The normalized spacial score (nSPS) is 12.5. The Bertz CT molecular complexity index is 1600. The van der Waals surface area contributed by atoms with Crippen LogP contribution >= 0.6 is 0 Å². The number of carbonyl (C=O) groups excluding carboxylic acids is 2. The number of hydrogen-bond acceptors (Lipinski definition) is 8. The van der Waals surface area contributed by atoms with E-state index in [1.807, 2.05) is 48.5 Å². The van der Waals surface area contributed by atoms with Gasteiger partial charge in [-0.2, -0.15) is 0 Å². The molecule has 0 radical (unpaired) electrons. The maximum Gasteiger partial charge on any atom is 0.196 e. The lowest BCUT2D eigenvalue weighted by atomic mass is 9.81. The highest BCUT2D eigenvalue weighted by Gasteiger charge is 2.34. The zero-order valence-corrected chi connectivity index (χ0v) is 25.0. The third-order valence-electron chi connectivity index (χ3n) is 7.41. The zero-order valence-electron chi connectivity index (χ0n) is 25.0. The minimum Gasteiger partial charge on any atom is -0.494 e. The fourth-order valence-electron chi connectivity index (χ4n) is 4.85. The maximum atomic E-state index is 13.6. The van der Waals surface area contributed by atoms with Gasteiger partial charge in [0, 0.05) is 34.7 Å². The number of hydrogen-bond donors (Lipinski definition) is 2. The molecule has 4 aromatic rings. The minimum absolute atomic E-state index is 0.160. The first-order valence-electron chi connectivity index (χ1n) is 14.9. The number of anilines is 2. The van der Waals surface area contributed by atoms with Crippen LogP contribution in [0.3, 0.4) is 0 Å². The maximum absolute atomic E-state index is 13.6. The molecule has 0 aromatic heterocycles. The van der Waals surface area contributed by atoms with Crippen molar-refractivity contribution < 1.29 is 19.1 Å². The molecule has 0 bridgehead atoms. The first-order valence-corrected chi connectivity index (χ1v) is 14.9. The summed E-state index contributed by atoms with van der Waals surface area (Å²) < 4.78 is 11.4. The fourth-order valence-corrected chi connectivity index (χ4v) is 4.85. The van der Waals surface area contributed by atoms with E-state index in [2.05, 4.69) is 23.8 Å². The summed E-state index contributed by atoms with van der Waals surface area (Å²) in [6, 6.07) is 21.4. The van der Waals surface area contributed by atoms with Crippen LogP contribution in [0.15, 0.2) is 82.8 Å². The second-order valence-corrected chi connectivity index (χ2v) is 10.5. The van der Waals surface area contributed by atoms with Gasteiger partial charge in [-0.15, -0.1) is 0 Å². The first-order chi connectivity index (χ1) is 21.4. The number of rotatable bonds is 12. The van der Waals surface area contributed by atoms with Gasteiger partial charge in [0.1, 0.15) is 11.5 Å².